The molecule has 1 aromatic heterocycles. The van der Waals surface area contributed by atoms with Crippen molar-refractivity contribution in [2.24, 2.45) is 5.73 Å². The molecular weight excluding hydrogens is 381 g/mol. The molecule has 0 saturated carbocycles. The maximum absolute atomic E-state index is 14.2. The molecule has 1 aliphatic rings. The highest BCUT2D eigenvalue weighted by molar-refractivity contribution is 6.30. The molecule has 2 atom stereocenters. The third kappa shape index (κ3) is 3.27. The van der Waals surface area contributed by atoms with E-state index in [2.05, 4.69) is 10.3 Å². The van der Waals surface area contributed by atoms with Crippen molar-refractivity contribution in [2.45, 2.75) is 25.4 Å². The lowest BCUT2D eigenvalue weighted by Crippen LogP contribution is -2.36. The number of rotatable bonds is 3. The molecule has 1 amide bonds. The van der Waals surface area contributed by atoms with Gasteiger partial charge in [0.1, 0.15) is 11.5 Å². The summed E-state index contributed by atoms with van der Waals surface area (Å²) in [4.78, 5) is 13.7. The Morgan fingerprint density at radius 1 is 1.32 bits per heavy atom. The molecule has 1 aliphatic heterocycles. The Morgan fingerprint density at radius 3 is 2.86 bits per heavy atom. The molecular formula is C20H19ClFN5O. The van der Waals surface area contributed by atoms with E-state index in [9.17, 15) is 9.18 Å². The molecule has 8 heteroatoms. The number of carbonyl (C=O) groups is 1. The van der Waals surface area contributed by atoms with Crippen molar-refractivity contribution in [1.82, 2.24) is 15.0 Å². The molecule has 2 aromatic carbocycles. The minimum atomic E-state index is -0.751. The van der Waals surface area contributed by atoms with Crippen molar-refractivity contribution in [1.29, 1.82) is 0 Å². The fourth-order valence-electron chi connectivity index (χ4n) is 3.64. The predicted octanol–water partition coefficient (Wildman–Crippen LogP) is 3.46. The second kappa shape index (κ2) is 7.33. The summed E-state index contributed by atoms with van der Waals surface area (Å²) >= 11 is 5.81. The van der Waals surface area contributed by atoms with Crippen LogP contribution in [-0.2, 0) is 4.79 Å². The van der Waals surface area contributed by atoms with Gasteiger partial charge in [-0.15, -0.1) is 5.10 Å². The summed E-state index contributed by atoms with van der Waals surface area (Å²) in [6, 6.07) is 11.3. The van der Waals surface area contributed by atoms with Gasteiger partial charge in [0.05, 0.1) is 18.3 Å². The van der Waals surface area contributed by atoms with Crippen LogP contribution in [-0.4, -0.2) is 27.4 Å². The molecule has 2 heterocycles. The highest BCUT2D eigenvalue weighted by Gasteiger charge is 2.29. The highest BCUT2D eigenvalue weighted by atomic mass is 35.5. The maximum Gasteiger partial charge on any atom is 0.223 e. The van der Waals surface area contributed by atoms with E-state index in [1.165, 1.54) is 6.07 Å². The quantitative estimate of drug-likeness (QED) is 0.731. The molecule has 0 spiro atoms. The van der Waals surface area contributed by atoms with Crippen molar-refractivity contribution < 1.29 is 9.18 Å². The Kier molecular flexibility index (Phi) is 4.87. The van der Waals surface area contributed by atoms with Crippen LogP contribution in [0.15, 0.2) is 48.7 Å². The van der Waals surface area contributed by atoms with Crippen molar-refractivity contribution >= 4 is 23.2 Å². The number of hydrogen-bond donors (Lipinski definition) is 1. The zero-order valence-electron chi connectivity index (χ0n) is 15.2. The summed E-state index contributed by atoms with van der Waals surface area (Å²) < 4.78 is 15.9. The Hall–Kier alpha value is -2.77. The summed E-state index contributed by atoms with van der Waals surface area (Å²) in [6.07, 6.45) is 2.44. The number of carbonyl (C=O) groups excluding carboxylic acids is 1. The zero-order valence-corrected chi connectivity index (χ0v) is 16.0. The van der Waals surface area contributed by atoms with Crippen molar-refractivity contribution in [3.05, 3.63) is 76.3 Å². The molecule has 0 radical (unpaired) electrons. The second-order valence-corrected chi connectivity index (χ2v) is 7.24. The van der Waals surface area contributed by atoms with Gasteiger partial charge in [-0.3, -0.25) is 4.79 Å². The van der Waals surface area contributed by atoms with Crippen LogP contribution in [0.1, 0.15) is 42.2 Å². The Bertz CT molecular complexity index is 1040. The van der Waals surface area contributed by atoms with Gasteiger partial charge in [0.25, 0.3) is 0 Å². The molecule has 28 heavy (non-hydrogen) atoms. The van der Waals surface area contributed by atoms with E-state index in [0.717, 1.165) is 11.3 Å². The van der Waals surface area contributed by atoms with Crippen LogP contribution in [0.2, 0.25) is 5.02 Å². The standard InChI is InChI=1S/C20H19ClFN5O/c1-12(28)26-9-8-19(15-4-2-3-5-18(15)26)27-11-17(24-25-27)20(23)14-7-6-13(21)10-16(14)22/h2-7,10-11,19-20H,8-9,23H2,1H3. The van der Waals surface area contributed by atoms with Gasteiger partial charge in [0.2, 0.25) is 5.91 Å². The number of para-hydroxylation sites is 1. The molecule has 6 nitrogen and oxygen atoms in total. The van der Waals surface area contributed by atoms with Crippen LogP contribution in [0.3, 0.4) is 0 Å². The first-order valence-electron chi connectivity index (χ1n) is 8.95. The summed E-state index contributed by atoms with van der Waals surface area (Å²) in [5, 5.41) is 8.71. The van der Waals surface area contributed by atoms with Crippen LogP contribution >= 0.6 is 11.6 Å². The highest BCUT2D eigenvalue weighted by Crippen LogP contribution is 2.36. The van der Waals surface area contributed by atoms with E-state index in [0.29, 0.717) is 29.2 Å². The number of hydrogen-bond acceptors (Lipinski definition) is 4. The number of nitrogens with zero attached hydrogens (tertiary/aromatic N) is 4. The molecule has 0 saturated heterocycles. The molecule has 4 rings (SSSR count). The molecule has 2 N–H and O–H groups in total. The minimum Gasteiger partial charge on any atom is -0.319 e. The summed E-state index contributed by atoms with van der Waals surface area (Å²) in [6.45, 7) is 2.15. The second-order valence-electron chi connectivity index (χ2n) is 6.80. The largest absolute Gasteiger partial charge is 0.319 e. The maximum atomic E-state index is 14.2. The van der Waals surface area contributed by atoms with Crippen molar-refractivity contribution in [3.63, 3.8) is 0 Å². The third-order valence-corrected chi connectivity index (χ3v) is 5.29. The van der Waals surface area contributed by atoms with Crippen LogP contribution in [0.4, 0.5) is 10.1 Å². The lowest BCUT2D eigenvalue weighted by molar-refractivity contribution is -0.116. The van der Waals surface area contributed by atoms with Gasteiger partial charge in [0, 0.05) is 35.3 Å². The van der Waals surface area contributed by atoms with Crippen molar-refractivity contribution in [3.8, 4) is 0 Å². The van der Waals surface area contributed by atoms with Gasteiger partial charge in [-0.05, 0) is 24.6 Å². The van der Waals surface area contributed by atoms with Crippen LogP contribution in [0, 0.1) is 5.82 Å². The summed E-state index contributed by atoms with van der Waals surface area (Å²) in [5.74, 6) is -0.472. The number of fused-ring (bicyclic) bond motifs is 1. The van der Waals surface area contributed by atoms with E-state index >= 15 is 0 Å². The van der Waals surface area contributed by atoms with Gasteiger partial charge in [-0.1, -0.05) is 41.1 Å². The van der Waals surface area contributed by atoms with Crippen LogP contribution in [0.5, 0.6) is 0 Å². The number of halogens is 2. The fraction of sp³-hybridized carbons (Fsp3) is 0.250. The Balaban J connectivity index is 1.66. The third-order valence-electron chi connectivity index (χ3n) is 5.06. The number of benzene rings is 2. The van der Waals surface area contributed by atoms with Gasteiger partial charge in [-0.2, -0.15) is 0 Å². The summed E-state index contributed by atoms with van der Waals surface area (Å²) in [7, 11) is 0. The van der Waals surface area contributed by atoms with Gasteiger partial charge >= 0.3 is 0 Å². The average Bonchev–Trinajstić information content (AvgIpc) is 3.16. The first-order chi connectivity index (χ1) is 13.5. The van der Waals surface area contributed by atoms with Gasteiger partial charge in [0.15, 0.2) is 0 Å². The Labute approximate surface area is 166 Å². The topological polar surface area (TPSA) is 77.0 Å². The predicted molar refractivity (Wildman–Crippen MR) is 105 cm³/mol. The summed E-state index contributed by atoms with van der Waals surface area (Å²) in [5.41, 5.74) is 8.85. The molecule has 0 bridgehead atoms. The van der Waals surface area contributed by atoms with Crippen LogP contribution in [0.25, 0.3) is 0 Å². The lowest BCUT2D eigenvalue weighted by Gasteiger charge is -2.33. The van der Waals surface area contributed by atoms with E-state index in [1.54, 1.807) is 34.8 Å². The minimum absolute atomic E-state index is 0.00501. The van der Waals surface area contributed by atoms with Gasteiger partial charge < -0.3 is 10.6 Å². The van der Waals surface area contributed by atoms with Crippen molar-refractivity contribution in [2.75, 3.05) is 11.4 Å². The van der Waals surface area contributed by atoms with Crippen LogP contribution < -0.4 is 10.6 Å². The lowest BCUT2D eigenvalue weighted by atomic mass is 9.96. The number of aromatic nitrogens is 3. The molecule has 2 unspecified atom stereocenters. The zero-order chi connectivity index (χ0) is 19.8. The number of anilines is 1. The van der Waals surface area contributed by atoms with Gasteiger partial charge in [-0.25, -0.2) is 9.07 Å². The van der Waals surface area contributed by atoms with E-state index in [4.69, 9.17) is 17.3 Å². The van der Waals surface area contributed by atoms with E-state index in [-0.39, 0.29) is 11.9 Å². The molecule has 0 fully saturated rings. The fourth-order valence-corrected chi connectivity index (χ4v) is 3.80. The smallest absolute Gasteiger partial charge is 0.223 e. The molecule has 3 aromatic rings. The molecule has 144 valence electrons. The monoisotopic (exact) mass is 399 g/mol. The Morgan fingerprint density at radius 2 is 2.11 bits per heavy atom. The average molecular weight is 400 g/mol. The number of amides is 1. The van der Waals surface area contributed by atoms with E-state index in [1.807, 2.05) is 24.3 Å². The normalized spacial score (nSPS) is 17.3. The first-order valence-corrected chi connectivity index (χ1v) is 9.33. The first kappa shape index (κ1) is 18.6. The SMILES string of the molecule is CC(=O)N1CCC(n2cc(C(N)c3ccc(Cl)cc3F)nn2)c2ccccc21. The number of nitrogens with two attached hydrogens (primary N) is 1. The van der Waals surface area contributed by atoms with E-state index < -0.39 is 11.9 Å². The molecule has 0 aliphatic carbocycles.